The second-order valence-corrected chi connectivity index (χ2v) is 24.9. The smallest absolute Gasteiger partial charge is 0.252 e. The Balaban J connectivity index is 1.27. The number of benzene rings is 5. The molecule has 0 N–H and O–H groups in total. The normalized spacial score (nSPS) is 27.1. The highest BCUT2D eigenvalue weighted by molar-refractivity contribution is 7.00. The van der Waals surface area contributed by atoms with Gasteiger partial charge in [0.15, 0.2) is 0 Å². The molecule has 0 bridgehead atoms. The summed E-state index contributed by atoms with van der Waals surface area (Å²) in [5.74, 6) is 0. The molecule has 6 aliphatic rings. The van der Waals surface area contributed by atoms with Crippen molar-refractivity contribution in [2.45, 2.75) is 180 Å². The lowest BCUT2D eigenvalue weighted by Gasteiger charge is -2.53. The number of fused-ring (bicyclic) bond motifs is 13. The highest BCUT2D eigenvalue weighted by Gasteiger charge is 2.62. The van der Waals surface area contributed by atoms with Crippen molar-refractivity contribution in [3.05, 3.63) is 107 Å². The SMILES string of the molecule is CC(C)(C)c1cc2c3c(c1)C1(C)CCCCC1(C)N3c1cc(N3c4ccccc4C4(C)CCCCC34C)cc3c1B2c1cc(C(C)(C)C)cc2c4cc(C(C)(C)C)ccc4n-3c12. The Labute approximate surface area is 372 Å². The minimum Gasteiger partial charge on any atom is -0.335 e. The number of rotatable bonds is 1. The molecule has 318 valence electrons. The van der Waals surface area contributed by atoms with Gasteiger partial charge in [-0.1, -0.05) is 144 Å². The highest BCUT2D eigenvalue weighted by Crippen LogP contribution is 2.64. The maximum absolute atomic E-state index is 2.96. The third-order valence-corrected chi connectivity index (χ3v) is 18.5. The molecule has 4 heteroatoms. The van der Waals surface area contributed by atoms with E-state index >= 15 is 0 Å². The molecule has 1 aromatic heterocycles. The van der Waals surface area contributed by atoms with Crippen LogP contribution in [0.4, 0.5) is 22.7 Å². The summed E-state index contributed by atoms with van der Waals surface area (Å²) >= 11 is 0. The van der Waals surface area contributed by atoms with Crippen molar-refractivity contribution in [1.82, 2.24) is 4.57 Å². The van der Waals surface area contributed by atoms with E-state index in [9.17, 15) is 0 Å². The van der Waals surface area contributed by atoms with E-state index in [0.29, 0.717) is 0 Å². The van der Waals surface area contributed by atoms with Crippen LogP contribution in [0.1, 0.15) is 169 Å². The second-order valence-electron chi connectivity index (χ2n) is 24.9. The molecule has 4 atom stereocenters. The van der Waals surface area contributed by atoms with E-state index in [-0.39, 0.29) is 44.9 Å². The van der Waals surface area contributed by atoms with E-state index in [2.05, 4.69) is 183 Å². The van der Waals surface area contributed by atoms with Gasteiger partial charge in [0.05, 0.1) is 16.6 Å². The van der Waals surface area contributed by atoms with Crippen LogP contribution < -0.4 is 26.2 Å². The van der Waals surface area contributed by atoms with Crippen molar-refractivity contribution >= 4 is 67.7 Å². The van der Waals surface area contributed by atoms with E-state index < -0.39 is 0 Å². The van der Waals surface area contributed by atoms with E-state index in [1.54, 1.807) is 5.56 Å². The van der Waals surface area contributed by atoms with Gasteiger partial charge in [-0.15, -0.1) is 0 Å². The molecular formula is C58H68BN3. The Bertz CT molecular complexity index is 2960. The molecule has 2 fully saturated rings. The predicted molar refractivity (Wildman–Crippen MR) is 267 cm³/mol. The van der Waals surface area contributed by atoms with Gasteiger partial charge in [-0.05, 0) is 136 Å². The maximum atomic E-state index is 2.96. The van der Waals surface area contributed by atoms with Gasteiger partial charge in [0.1, 0.15) is 0 Å². The van der Waals surface area contributed by atoms with Crippen LogP contribution in [0.3, 0.4) is 0 Å². The monoisotopic (exact) mass is 818 g/mol. The first-order valence-electron chi connectivity index (χ1n) is 24.3. The molecule has 12 rings (SSSR count). The predicted octanol–water partition coefficient (Wildman–Crippen LogP) is 13.3. The standard InChI is InChI=1S/C58H68BN3/c1-52(2,3)35-22-23-45-39(28-35)40-29-36(53(4,5)6)31-43-50(40)60(45)47-33-38(61-46-21-15-14-20-41(46)55(10)24-16-18-26-57(55,61)12)34-48-49(47)59(43)44-32-37(54(7,8)9)30-42-51(44)62(48)58(13)27-19-17-25-56(42,58)11/h14-15,20-23,28-34H,16-19,24-27H2,1-13H3. The van der Waals surface area contributed by atoms with Crippen LogP contribution in [0, 0.1) is 0 Å². The van der Waals surface area contributed by atoms with Crippen molar-refractivity contribution in [1.29, 1.82) is 0 Å². The topological polar surface area (TPSA) is 11.4 Å². The molecule has 5 heterocycles. The van der Waals surface area contributed by atoms with Crippen LogP contribution >= 0.6 is 0 Å². The van der Waals surface area contributed by atoms with Crippen molar-refractivity contribution in [3.8, 4) is 5.69 Å². The van der Waals surface area contributed by atoms with Crippen molar-refractivity contribution in [2.75, 3.05) is 9.80 Å². The molecule has 0 radical (unpaired) electrons. The van der Waals surface area contributed by atoms with E-state index in [4.69, 9.17) is 0 Å². The summed E-state index contributed by atoms with van der Waals surface area (Å²) < 4.78 is 2.75. The third kappa shape index (κ3) is 4.60. The summed E-state index contributed by atoms with van der Waals surface area (Å²) in [6, 6.07) is 32.9. The molecule has 0 saturated heterocycles. The molecule has 6 aromatic rings. The van der Waals surface area contributed by atoms with Gasteiger partial charge in [-0.25, -0.2) is 0 Å². The second kappa shape index (κ2) is 11.8. The van der Waals surface area contributed by atoms with E-state index in [1.165, 1.54) is 140 Å². The Morgan fingerprint density at radius 1 is 0.500 bits per heavy atom. The average molecular weight is 818 g/mol. The number of hydrogen-bond acceptors (Lipinski definition) is 2. The Morgan fingerprint density at radius 3 is 1.74 bits per heavy atom. The third-order valence-electron chi connectivity index (χ3n) is 18.5. The Morgan fingerprint density at radius 2 is 1.06 bits per heavy atom. The van der Waals surface area contributed by atoms with Gasteiger partial charge in [-0.3, -0.25) is 0 Å². The fraction of sp³-hybridized carbons (Fsp3) is 0.483. The summed E-state index contributed by atoms with van der Waals surface area (Å²) in [6.07, 6.45) is 9.99. The van der Waals surface area contributed by atoms with Crippen LogP contribution in [0.2, 0.25) is 0 Å². The van der Waals surface area contributed by atoms with Gasteiger partial charge in [0.25, 0.3) is 6.71 Å². The lowest BCUT2D eigenvalue weighted by atomic mass is 9.33. The zero-order valence-electron chi connectivity index (χ0n) is 40.1. The first-order chi connectivity index (χ1) is 29.1. The summed E-state index contributed by atoms with van der Waals surface area (Å²) in [6.45, 7) is 32.3. The van der Waals surface area contributed by atoms with E-state index in [1.807, 2.05) is 0 Å². The summed E-state index contributed by atoms with van der Waals surface area (Å²) in [4.78, 5) is 5.81. The van der Waals surface area contributed by atoms with E-state index in [0.717, 1.165) is 0 Å². The molecule has 3 nitrogen and oxygen atoms in total. The first-order valence-corrected chi connectivity index (χ1v) is 24.3. The van der Waals surface area contributed by atoms with Gasteiger partial charge < -0.3 is 14.4 Å². The van der Waals surface area contributed by atoms with Gasteiger partial charge >= 0.3 is 0 Å². The van der Waals surface area contributed by atoms with Gasteiger partial charge in [0.2, 0.25) is 0 Å². The minimum absolute atomic E-state index is 0.00917. The minimum atomic E-state index is -0.0500. The molecule has 0 amide bonds. The van der Waals surface area contributed by atoms with Crippen LogP contribution in [0.5, 0.6) is 0 Å². The summed E-state index contributed by atoms with van der Waals surface area (Å²) in [5.41, 5.74) is 21.9. The number of nitrogens with zero attached hydrogens (tertiary/aromatic N) is 3. The Kier molecular flexibility index (Phi) is 7.47. The van der Waals surface area contributed by atoms with Crippen LogP contribution in [-0.2, 0) is 27.1 Å². The van der Waals surface area contributed by atoms with Crippen LogP contribution in [0.25, 0.3) is 27.5 Å². The highest BCUT2D eigenvalue weighted by atomic mass is 15.3. The zero-order chi connectivity index (χ0) is 43.5. The summed E-state index contributed by atoms with van der Waals surface area (Å²) in [5, 5.41) is 2.79. The molecule has 0 spiro atoms. The molecule has 2 saturated carbocycles. The molecular weight excluding hydrogens is 749 g/mol. The average Bonchev–Trinajstić information content (AvgIpc) is 3.73. The van der Waals surface area contributed by atoms with Gasteiger partial charge in [-0.2, -0.15) is 0 Å². The largest absolute Gasteiger partial charge is 0.335 e. The molecule has 4 aliphatic heterocycles. The fourth-order valence-corrected chi connectivity index (χ4v) is 14.4. The quantitative estimate of drug-likeness (QED) is 0.153. The molecule has 62 heavy (non-hydrogen) atoms. The molecule has 2 aliphatic carbocycles. The number of anilines is 4. The van der Waals surface area contributed by atoms with Gasteiger partial charge in [0, 0.05) is 55.6 Å². The maximum Gasteiger partial charge on any atom is 0.252 e. The first kappa shape index (κ1) is 39.2. The number of para-hydroxylation sites is 1. The number of hydrogen-bond donors (Lipinski definition) is 0. The lowest BCUT2D eigenvalue weighted by molar-refractivity contribution is 0.194. The Hall–Kier alpha value is -4.44. The fourth-order valence-electron chi connectivity index (χ4n) is 14.4. The van der Waals surface area contributed by atoms with Crippen molar-refractivity contribution in [2.24, 2.45) is 0 Å². The molecule has 4 unspecified atom stereocenters. The summed E-state index contributed by atoms with van der Waals surface area (Å²) in [7, 11) is 0. The number of aromatic nitrogens is 1. The van der Waals surface area contributed by atoms with Crippen molar-refractivity contribution in [3.63, 3.8) is 0 Å². The zero-order valence-corrected chi connectivity index (χ0v) is 40.1. The van der Waals surface area contributed by atoms with Crippen LogP contribution in [0.15, 0.2) is 78.9 Å². The lowest BCUT2D eigenvalue weighted by Crippen LogP contribution is -2.64. The van der Waals surface area contributed by atoms with Crippen LogP contribution in [-0.4, -0.2) is 22.4 Å². The van der Waals surface area contributed by atoms with Crippen molar-refractivity contribution < 1.29 is 0 Å². The molecule has 5 aromatic carbocycles.